The number of fused-ring (bicyclic) bond motifs is 3. The lowest BCUT2D eigenvalue weighted by molar-refractivity contribution is 0.0996. The van der Waals surface area contributed by atoms with Gasteiger partial charge in [0.2, 0.25) is 0 Å². The van der Waals surface area contributed by atoms with Crippen LogP contribution in [-0.4, -0.2) is 20.1 Å². The van der Waals surface area contributed by atoms with Gasteiger partial charge in [0.15, 0.2) is 11.6 Å². The Labute approximate surface area is 189 Å². The zero-order valence-electron chi connectivity index (χ0n) is 15.6. The molecule has 3 rings (SSSR count). The average Bonchev–Trinajstić information content (AvgIpc) is 3.00. The number of rotatable bonds is 4. The highest BCUT2D eigenvalue weighted by molar-refractivity contribution is 9.25. The minimum Gasteiger partial charge on any atom is -0.292 e. The first-order chi connectivity index (χ1) is 12.5. The van der Waals surface area contributed by atoms with Crippen LogP contribution in [0.3, 0.4) is 0 Å². The predicted molar refractivity (Wildman–Crippen MR) is 124 cm³/mol. The van der Waals surface area contributed by atoms with Crippen LogP contribution >= 0.6 is 59.1 Å². The average molecular weight is 577 g/mol. The SMILES string of the molecule is CC(Br)C(=O)c1cc2c(s1)-c1ccc(C(=O)C(Br)Br)cc1CC(C)(C)C2C. The Morgan fingerprint density at radius 2 is 1.81 bits per heavy atom. The fourth-order valence-corrected chi connectivity index (χ4v) is 5.83. The lowest BCUT2D eigenvalue weighted by atomic mass is 9.74. The number of hydrogen-bond donors (Lipinski definition) is 0. The van der Waals surface area contributed by atoms with Gasteiger partial charge < -0.3 is 0 Å². The number of ketones is 2. The van der Waals surface area contributed by atoms with Gasteiger partial charge in [-0.25, -0.2) is 0 Å². The van der Waals surface area contributed by atoms with Gasteiger partial charge in [-0.1, -0.05) is 80.7 Å². The van der Waals surface area contributed by atoms with Crippen LogP contribution in [0.4, 0.5) is 0 Å². The molecule has 0 radical (unpaired) electrons. The number of alkyl halides is 3. The number of thiophene rings is 1. The summed E-state index contributed by atoms with van der Waals surface area (Å²) < 4.78 is -0.386. The lowest BCUT2D eigenvalue weighted by Crippen LogP contribution is -2.21. The van der Waals surface area contributed by atoms with E-state index in [2.05, 4.69) is 74.6 Å². The first-order valence-corrected chi connectivity index (χ1v) is 12.4. The molecule has 1 aromatic heterocycles. The molecule has 144 valence electrons. The van der Waals surface area contributed by atoms with Crippen molar-refractivity contribution in [3.05, 3.63) is 45.8 Å². The predicted octanol–water partition coefficient (Wildman–Crippen LogP) is 7.37. The molecule has 0 fully saturated rings. The van der Waals surface area contributed by atoms with Crippen LogP contribution in [0.2, 0.25) is 0 Å². The second-order valence-corrected chi connectivity index (χ2v) is 13.3. The largest absolute Gasteiger partial charge is 0.292 e. The lowest BCUT2D eigenvalue weighted by Gasteiger charge is -2.30. The third-order valence-electron chi connectivity index (χ3n) is 5.48. The van der Waals surface area contributed by atoms with Crippen molar-refractivity contribution in [1.29, 1.82) is 0 Å². The topological polar surface area (TPSA) is 34.1 Å². The van der Waals surface area contributed by atoms with Gasteiger partial charge in [-0.3, -0.25) is 9.59 Å². The van der Waals surface area contributed by atoms with Crippen molar-refractivity contribution in [2.24, 2.45) is 5.41 Å². The van der Waals surface area contributed by atoms with E-state index in [9.17, 15) is 9.59 Å². The third kappa shape index (κ3) is 4.05. The van der Waals surface area contributed by atoms with Crippen LogP contribution < -0.4 is 0 Å². The van der Waals surface area contributed by atoms with Crippen molar-refractivity contribution in [3.8, 4) is 10.4 Å². The quantitative estimate of drug-likeness (QED) is 0.281. The number of carbonyl (C=O) groups is 2. The van der Waals surface area contributed by atoms with E-state index in [1.54, 1.807) is 11.3 Å². The molecule has 0 saturated carbocycles. The molecular formula is C21H21Br3O2S. The molecule has 0 N–H and O–H groups in total. The molecule has 2 unspecified atom stereocenters. The Morgan fingerprint density at radius 1 is 1.15 bits per heavy atom. The Hall–Kier alpha value is -0.300. The van der Waals surface area contributed by atoms with E-state index in [-0.39, 0.29) is 25.5 Å². The fraction of sp³-hybridized carbons (Fsp3) is 0.429. The summed E-state index contributed by atoms with van der Waals surface area (Å²) in [6.07, 6.45) is 0.888. The van der Waals surface area contributed by atoms with Gasteiger partial charge >= 0.3 is 0 Å². The van der Waals surface area contributed by atoms with Crippen molar-refractivity contribution in [2.45, 2.75) is 48.6 Å². The number of hydrogen-bond acceptors (Lipinski definition) is 3. The fourth-order valence-electron chi connectivity index (χ4n) is 3.56. The van der Waals surface area contributed by atoms with Crippen LogP contribution in [0, 0.1) is 5.41 Å². The molecule has 1 aliphatic rings. The summed E-state index contributed by atoms with van der Waals surface area (Å²) in [7, 11) is 0. The maximum Gasteiger partial charge on any atom is 0.187 e. The Balaban J connectivity index is 2.20. The first kappa shape index (κ1) is 21.4. The number of benzene rings is 1. The molecule has 2 atom stereocenters. The molecule has 2 aromatic rings. The highest BCUT2D eigenvalue weighted by atomic mass is 79.9. The summed E-state index contributed by atoms with van der Waals surface area (Å²) in [5, 5.41) is 0. The van der Waals surface area contributed by atoms with Crippen LogP contribution in [0.1, 0.15) is 64.8 Å². The number of carbonyl (C=O) groups excluding carboxylic acids is 2. The van der Waals surface area contributed by atoms with Gasteiger partial charge in [0.1, 0.15) is 3.74 Å². The summed E-state index contributed by atoms with van der Waals surface area (Å²) >= 11 is 11.6. The number of halogens is 3. The minimum atomic E-state index is -0.386. The van der Waals surface area contributed by atoms with Crippen molar-refractivity contribution in [3.63, 3.8) is 0 Å². The molecular weight excluding hydrogens is 556 g/mol. The standard InChI is InChI=1S/C21H21Br3O2S/c1-10-15-8-16(17(25)11(2)22)27-19(15)14-6-5-12(18(26)20(23)24)7-13(14)9-21(10,3)4/h5-8,10-11,20H,9H2,1-4H3. The Kier molecular flexibility index (Phi) is 6.22. The molecule has 6 heteroatoms. The zero-order chi connectivity index (χ0) is 20.1. The van der Waals surface area contributed by atoms with Gasteiger partial charge in [0.25, 0.3) is 0 Å². The molecule has 2 nitrogen and oxygen atoms in total. The molecule has 1 aromatic carbocycles. The number of Topliss-reactive ketones (excluding diaryl/α,β-unsaturated/α-hetero) is 2. The molecule has 1 heterocycles. The summed E-state index contributed by atoms with van der Waals surface area (Å²) in [6, 6.07) is 8.02. The van der Waals surface area contributed by atoms with E-state index in [1.165, 1.54) is 11.1 Å². The zero-order valence-corrected chi connectivity index (χ0v) is 21.2. The van der Waals surface area contributed by atoms with Gasteiger partial charge in [-0.05, 0) is 53.5 Å². The van der Waals surface area contributed by atoms with Crippen molar-refractivity contribution in [2.75, 3.05) is 0 Å². The van der Waals surface area contributed by atoms with E-state index >= 15 is 0 Å². The second-order valence-electron chi connectivity index (χ2n) is 7.80. The highest BCUT2D eigenvalue weighted by Gasteiger charge is 2.36. The van der Waals surface area contributed by atoms with Gasteiger partial charge in [0.05, 0.1) is 9.70 Å². The molecule has 27 heavy (non-hydrogen) atoms. The molecule has 1 aliphatic carbocycles. The smallest absolute Gasteiger partial charge is 0.187 e. The van der Waals surface area contributed by atoms with Crippen LogP contribution in [0.5, 0.6) is 0 Å². The van der Waals surface area contributed by atoms with Crippen molar-refractivity contribution < 1.29 is 9.59 Å². The second kappa shape index (κ2) is 7.85. The van der Waals surface area contributed by atoms with E-state index in [1.807, 2.05) is 25.1 Å². The monoisotopic (exact) mass is 574 g/mol. The van der Waals surface area contributed by atoms with E-state index in [0.717, 1.165) is 21.7 Å². The van der Waals surface area contributed by atoms with Gasteiger partial charge in [-0.15, -0.1) is 11.3 Å². The Morgan fingerprint density at radius 3 is 2.41 bits per heavy atom. The summed E-state index contributed by atoms with van der Waals surface area (Å²) in [4.78, 5) is 26.7. The molecule has 0 bridgehead atoms. The summed E-state index contributed by atoms with van der Waals surface area (Å²) in [5.74, 6) is 0.443. The molecule has 0 saturated heterocycles. The minimum absolute atomic E-state index is 0.0169. The van der Waals surface area contributed by atoms with Crippen LogP contribution in [0.15, 0.2) is 24.3 Å². The maximum atomic E-state index is 12.6. The molecule has 0 spiro atoms. The molecule has 0 aliphatic heterocycles. The normalized spacial score (nSPS) is 19.2. The highest BCUT2D eigenvalue weighted by Crippen LogP contribution is 2.50. The molecule has 0 amide bonds. The van der Waals surface area contributed by atoms with Crippen LogP contribution in [-0.2, 0) is 6.42 Å². The maximum absolute atomic E-state index is 12.6. The van der Waals surface area contributed by atoms with Crippen molar-refractivity contribution >= 4 is 70.7 Å². The first-order valence-electron chi connectivity index (χ1n) is 8.80. The van der Waals surface area contributed by atoms with E-state index in [0.29, 0.717) is 11.5 Å². The third-order valence-corrected chi connectivity index (χ3v) is 7.93. The summed E-state index contributed by atoms with van der Waals surface area (Å²) in [5.41, 5.74) is 4.26. The Bertz CT molecular complexity index is 912. The van der Waals surface area contributed by atoms with Gasteiger partial charge in [0, 0.05) is 10.4 Å². The van der Waals surface area contributed by atoms with E-state index in [4.69, 9.17) is 0 Å². The van der Waals surface area contributed by atoms with Gasteiger partial charge in [-0.2, -0.15) is 0 Å². The van der Waals surface area contributed by atoms with Crippen LogP contribution in [0.25, 0.3) is 10.4 Å². The van der Waals surface area contributed by atoms with E-state index < -0.39 is 0 Å². The van der Waals surface area contributed by atoms with Crippen molar-refractivity contribution in [1.82, 2.24) is 0 Å². The summed E-state index contributed by atoms with van der Waals surface area (Å²) in [6.45, 7) is 8.62.